The molecule has 0 amide bonds. The van der Waals surface area contributed by atoms with Crippen LogP contribution in [0.5, 0.6) is 0 Å². The Morgan fingerprint density at radius 2 is 2.38 bits per heavy atom. The number of rotatable bonds is 3. The molecule has 0 aromatic carbocycles. The Labute approximate surface area is 97.9 Å². The van der Waals surface area contributed by atoms with E-state index in [-0.39, 0.29) is 0 Å². The summed E-state index contributed by atoms with van der Waals surface area (Å²) >= 11 is 0. The largest absolute Gasteiger partial charge is 0.315 e. The third-order valence-electron chi connectivity index (χ3n) is 3.28. The summed E-state index contributed by atoms with van der Waals surface area (Å²) in [5.41, 5.74) is 1.16. The quantitative estimate of drug-likeness (QED) is 0.838. The maximum atomic E-state index is 4.37. The van der Waals surface area contributed by atoms with Crippen molar-refractivity contribution in [3.8, 4) is 0 Å². The van der Waals surface area contributed by atoms with Crippen molar-refractivity contribution in [2.45, 2.75) is 31.8 Å². The van der Waals surface area contributed by atoms with E-state index in [4.69, 9.17) is 0 Å². The van der Waals surface area contributed by atoms with Gasteiger partial charge in [0.1, 0.15) is 0 Å². The summed E-state index contributed by atoms with van der Waals surface area (Å²) < 4.78 is 0. The molecule has 16 heavy (non-hydrogen) atoms. The van der Waals surface area contributed by atoms with Crippen LogP contribution in [0.1, 0.15) is 25.0 Å². The lowest BCUT2D eigenvalue weighted by molar-refractivity contribution is 0.220. The van der Waals surface area contributed by atoms with Crippen molar-refractivity contribution in [3.05, 3.63) is 30.1 Å². The van der Waals surface area contributed by atoms with Crippen LogP contribution in [-0.2, 0) is 6.54 Å². The fourth-order valence-corrected chi connectivity index (χ4v) is 2.25. The maximum Gasteiger partial charge on any atom is 0.0543 e. The van der Waals surface area contributed by atoms with Gasteiger partial charge in [0, 0.05) is 25.3 Å². The first-order valence-electron chi connectivity index (χ1n) is 6.17. The molecule has 1 aromatic rings. The number of hydrogen-bond donors (Lipinski definition) is 1. The Morgan fingerprint density at radius 3 is 3.19 bits per heavy atom. The van der Waals surface area contributed by atoms with Crippen molar-refractivity contribution in [3.63, 3.8) is 0 Å². The van der Waals surface area contributed by atoms with Gasteiger partial charge >= 0.3 is 0 Å². The van der Waals surface area contributed by atoms with Gasteiger partial charge in [-0.2, -0.15) is 0 Å². The molecule has 3 heteroatoms. The Bertz CT molecular complexity index is 291. The van der Waals surface area contributed by atoms with Gasteiger partial charge < -0.3 is 5.32 Å². The van der Waals surface area contributed by atoms with Crippen LogP contribution in [0.25, 0.3) is 0 Å². The SMILES string of the molecule is CN(Cc1ccccn1)C1CCCCNC1. The minimum atomic E-state index is 0.657. The van der Waals surface area contributed by atoms with Gasteiger partial charge in [0.25, 0.3) is 0 Å². The van der Waals surface area contributed by atoms with E-state index in [1.54, 1.807) is 0 Å². The first-order valence-corrected chi connectivity index (χ1v) is 6.17. The predicted molar refractivity (Wildman–Crippen MR) is 66.2 cm³/mol. The lowest BCUT2D eigenvalue weighted by atomic mass is 10.1. The van der Waals surface area contributed by atoms with Crippen molar-refractivity contribution < 1.29 is 0 Å². The molecule has 1 aromatic heterocycles. The molecular formula is C13H21N3. The summed E-state index contributed by atoms with van der Waals surface area (Å²) in [6, 6.07) is 6.78. The van der Waals surface area contributed by atoms with E-state index >= 15 is 0 Å². The van der Waals surface area contributed by atoms with Gasteiger partial charge in [-0.3, -0.25) is 9.88 Å². The van der Waals surface area contributed by atoms with Crippen LogP contribution in [0.15, 0.2) is 24.4 Å². The number of aromatic nitrogens is 1. The minimum absolute atomic E-state index is 0.657. The van der Waals surface area contributed by atoms with E-state index in [9.17, 15) is 0 Å². The van der Waals surface area contributed by atoms with Gasteiger partial charge in [0.15, 0.2) is 0 Å². The second-order valence-electron chi connectivity index (χ2n) is 4.59. The topological polar surface area (TPSA) is 28.2 Å². The summed E-state index contributed by atoms with van der Waals surface area (Å²) in [4.78, 5) is 6.79. The van der Waals surface area contributed by atoms with Crippen molar-refractivity contribution in [2.24, 2.45) is 0 Å². The van der Waals surface area contributed by atoms with Crippen LogP contribution >= 0.6 is 0 Å². The third kappa shape index (κ3) is 3.29. The number of pyridine rings is 1. The van der Waals surface area contributed by atoms with Crippen LogP contribution in [-0.4, -0.2) is 36.1 Å². The van der Waals surface area contributed by atoms with Crippen molar-refractivity contribution in [2.75, 3.05) is 20.1 Å². The zero-order valence-electron chi connectivity index (χ0n) is 10.0. The van der Waals surface area contributed by atoms with E-state index in [1.165, 1.54) is 25.8 Å². The molecule has 1 N–H and O–H groups in total. The van der Waals surface area contributed by atoms with Crippen LogP contribution < -0.4 is 5.32 Å². The van der Waals surface area contributed by atoms with Gasteiger partial charge in [-0.25, -0.2) is 0 Å². The standard InChI is InChI=1S/C13H21N3/c1-16(11-12-6-2-5-9-15-12)13-7-3-4-8-14-10-13/h2,5-6,9,13-14H,3-4,7-8,10-11H2,1H3. The highest BCUT2D eigenvalue weighted by molar-refractivity contribution is 5.03. The van der Waals surface area contributed by atoms with Gasteiger partial charge in [-0.05, 0) is 38.6 Å². The van der Waals surface area contributed by atoms with Gasteiger partial charge in [-0.1, -0.05) is 12.5 Å². The average molecular weight is 219 g/mol. The van der Waals surface area contributed by atoms with Crippen molar-refractivity contribution in [1.82, 2.24) is 15.2 Å². The molecule has 0 saturated carbocycles. The minimum Gasteiger partial charge on any atom is -0.315 e. The van der Waals surface area contributed by atoms with Crippen molar-refractivity contribution >= 4 is 0 Å². The van der Waals surface area contributed by atoms with E-state index in [2.05, 4.69) is 34.4 Å². The third-order valence-corrected chi connectivity index (χ3v) is 3.28. The molecule has 3 nitrogen and oxygen atoms in total. The second-order valence-corrected chi connectivity index (χ2v) is 4.59. The number of nitrogens with one attached hydrogen (secondary N) is 1. The predicted octanol–water partition coefficient (Wildman–Crippen LogP) is 1.66. The summed E-state index contributed by atoms with van der Waals surface area (Å²) in [5, 5.41) is 3.50. The molecule has 88 valence electrons. The zero-order chi connectivity index (χ0) is 11.2. The smallest absolute Gasteiger partial charge is 0.0543 e. The molecule has 0 aliphatic carbocycles. The fraction of sp³-hybridized carbons (Fsp3) is 0.615. The maximum absolute atomic E-state index is 4.37. The lowest BCUT2D eigenvalue weighted by Crippen LogP contribution is -2.38. The highest BCUT2D eigenvalue weighted by Crippen LogP contribution is 2.12. The fourth-order valence-electron chi connectivity index (χ4n) is 2.25. The Kier molecular flexibility index (Phi) is 4.31. The number of nitrogens with zero attached hydrogens (tertiary/aromatic N) is 2. The summed E-state index contributed by atoms with van der Waals surface area (Å²) in [6.45, 7) is 3.24. The van der Waals surface area contributed by atoms with E-state index < -0.39 is 0 Å². The van der Waals surface area contributed by atoms with Gasteiger partial charge in [0.05, 0.1) is 5.69 Å². The lowest BCUT2D eigenvalue weighted by Gasteiger charge is -2.26. The molecular weight excluding hydrogens is 198 g/mol. The van der Waals surface area contributed by atoms with E-state index in [1.807, 2.05) is 12.3 Å². The highest BCUT2D eigenvalue weighted by Gasteiger charge is 2.16. The molecule has 0 bridgehead atoms. The van der Waals surface area contributed by atoms with Crippen molar-refractivity contribution in [1.29, 1.82) is 0 Å². The molecule has 2 heterocycles. The van der Waals surface area contributed by atoms with Crippen LogP contribution in [0.3, 0.4) is 0 Å². The molecule has 1 saturated heterocycles. The van der Waals surface area contributed by atoms with E-state index in [0.29, 0.717) is 6.04 Å². The Hall–Kier alpha value is -0.930. The Morgan fingerprint density at radius 1 is 1.44 bits per heavy atom. The van der Waals surface area contributed by atoms with Gasteiger partial charge in [0.2, 0.25) is 0 Å². The summed E-state index contributed by atoms with van der Waals surface area (Å²) in [7, 11) is 2.20. The highest BCUT2D eigenvalue weighted by atomic mass is 15.2. The summed E-state index contributed by atoms with van der Waals surface area (Å²) in [6.07, 6.45) is 5.82. The summed E-state index contributed by atoms with van der Waals surface area (Å²) in [5.74, 6) is 0. The van der Waals surface area contributed by atoms with Crippen LogP contribution in [0.4, 0.5) is 0 Å². The van der Waals surface area contributed by atoms with Crippen LogP contribution in [0.2, 0.25) is 0 Å². The Balaban J connectivity index is 1.89. The molecule has 1 unspecified atom stereocenters. The normalized spacial score (nSPS) is 22.0. The molecule has 1 aliphatic heterocycles. The molecule has 0 spiro atoms. The first kappa shape index (κ1) is 11.6. The molecule has 1 atom stereocenters. The molecule has 1 fully saturated rings. The first-order chi connectivity index (χ1) is 7.86. The monoisotopic (exact) mass is 219 g/mol. The second kappa shape index (κ2) is 5.97. The zero-order valence-corrected chi connectivity index (χ0v) is 10.0. The number of hydrogen-bond acceptors (Lipinski definition) is 3. The van der Waals surface area contributed by atoms with Crippen LogP contribution in [0, 0.1) is 0 Å². The molecule has 0 radical (unpaired) electrons. The van der Waals surface area contributed by atoms with Gasteiger partial charge in [-0.15, -0.1) is 0 Å². The molecule has 1 aliphatic rings. The number of likely N-dealkylation sites (N-methyl/N-ethyl adjacent to an activating group) is 1. The van der Waals surface area contributed by atoms with E-state index in [0.717, 1.165) is 18.8 Å². The molecule has 2 rings (SSSR count). The average Bonchev–Trinajstić information content (AvgIpc) is 2.59.